The molecule has 0 aliphatic carbocycles. The Balaban J connectivity index is 2.19. The van der Waals surface area contributed by atoms with E-state index in [4.69, 9.17) is 5.21 Å². The van der Waals surface area contributed by atoms with Crippen LogP contribution in [-0.2, 0) is 0 Å². The Morgan fingerprint density at radius 3 is 1.86 bits per heavy atom. The number of hydrogen-bond donors (Lipinski definition) is 1. The zero-order valence-corrected chi connectivity index (χ0v) is 11.1. The molecular formula is C15H12F3NO2. The molecule has 0 spiro atoms. The lowest BCUT2D eigenvalue weighted by Crippen LogP contribution is -2.16. The molecule has 0 aromatic heterocycles. The van der Waals surface area contributed by atoms with Crippen molar-refractivity contribution < 1.29 is 23.1 Å². The molecule has 6 heteroatoms. The Bertz CT molecular complexity index is 631. The summed E-state index contributed by atoms with van der Waals surface area (Å²) in [6, 6.07) is 12.7. The fourth-order valence-electron chi connectivity index (χ4n) is 1.81. The quantitative estimate of drug-likeness (QED) is 0.516. The average Bonchev–Trinajstić information content (AvgIpc) is 2.46. The minimum atomic E-state index is -4.69. The largest absolute Gasteiger partial charge is 0.573 e. The molecule has 0 aliphatic rings. The van der Waals surface area contributed by atoms with Gasteiger partial charge in [0.25, 0.3) is 0 Å². The van der Waals surface area contributed by atoms with E-state index in [0.29, 0.717) is 5.71 Å². The highest BCUT2D eigenvalue weighted by atomic mass is 19.4. The zero-order chi connectivity index (χ0) is 15.5. The van der Waals surface area contributed by atoms with Crippen molar-refractivity contribution in [2.75, 3.05) is 0 Å². The van der Waals surface area contributed by atoms with Crippen molar-refractivity contribution in [1.29, 1.82) is 0 Å². The van der Waals surface area contributed by atoms with Crippen LogP contribution >= 0.6 is 0 Å². The minimum Gasteiger partial charge on any atom is -0.411 e. The molecule has 110 valence electrons. The van der Waals surface area contributed by atoms with Gasteiger partial charge in [0, 0.05) is 0 Å². The number of benzene rings is 2. The van der Waals surface area contributed by atoms with Crippen LogP contribution in [0.15, 0.2) is 53.7 Å². The van der Waals surface area contributed by atoms with E-state index in [1.54, 1.807) is 43.3 Å². The summed E-state index contributed by atoms with van der Waals surface area (Å²) in [5.74, 6) is -0.258. The van der Waals surface area contributed by atoms with E-state index in [9.17, 15) is 13.2 Å². The Morgan fingerprint density at radius 1 is 0.952 bits per heavy atom. The van der Waals surface area contributed by atoms with Gasteiger partial charge in [-0.05, 0) is 35.7 Å². The number of nitrogens with zero attached hydrogens (tertiary/aromatic N) is 1. The molecule has 0 unspecified atom stereocenters. The van der Waals surface area contributed by atoms with Crippen LogP contribution in [0.2, 0.25) is 0 Å². The lowest BCUT2D eigenvalue weighted by Gasteiger charge is -2.09. The highest BCUT2D eigenvalue weighted by Crippen LogP contribution is 2.26. The number of oxime groups is 1. The number of rotatable bonds is 3. The highest BCUT2D eigenvalue weighted by molar-refractivity contribution is 5.98. The molecule has 0 atom stereocenters. The molecule has 1 N–H and O–H groups in total. The van der Waals surface area contributed by atoms with E-state index < -0.39 is 6.36 Å². The van der Waals surface area contributed by atoms with Gasteiger partial charge in [-0.15, -0.1) is 13.2 Å². The van der Waals surface area contributed by atoms with Crippen molar-refractivity contribution in [2.45, 2.75) is 13.3 Å². The van der Waals surface area contributed by atoms with E-state index in [0.717, 1.165) is 16.7 Å². The van der Waals surface area contributed by atoms with E-state index in [2.05, 4.69) is 9.89 Å². The van der Waals surface area contributed by atoms with Crippen LogP contribution in [0.1, 0.15) is 12.5 Å². The van der Waals surface area contributed by atoms with Gasteiger partial charge in [0.1, 0.15) is 5.75 Å². The van der Waals surface area contributed by atoms with Crippen molar-refractivity contribution in [2.24, 2.45) is 5.16 Å². The normalized spacial score (nSPS) is 12.3. The second kappa shape index (κ2) is 5.87. The molecule has 3 nitrogen and oxygen atoms in total. The third kappa shape index (κ3) is 3.98. The van der Waals surface area contributed by atoms with E-state index in [-0.39, 0.29) is 5.75 Å². The third-order valence-electron chi connectivity index (χ3n) is 2.87. The van der Waals surface area contributed by atoms with Gasteiger partial charge in [-0.2, -0.15) is 0 Å². The SMILES string of the molecule is CC(=NO)c1ccc(-c2ccc(OC(F)(F)F)cc2)cc1. The van der Waals surface area contributed by atoms with Crippen molar-refractivity contribution in [3.05, 3.63) is 54.1 Å². The molecular weight excluding hydrogens is 283 g/mol. The molecule has 2 rings (SSSR count). The lowest BCUT2D eigenvalue weighted by molar-refractivity contribution is -0.274. The van der Waals surface area contributed by atoms with Crippen LogP contribution in [0.25, 0.3) is 11.1 Å². The zero-order valence-electron chi connectivity index (χ0n) is 11.1. The Kier molecular flexibility index (Phi) is 4.16. The molecule has 0 fully saturated rings. The van der Waals surface area contributed by atoms with Gasteiger partial charge in [0.2, 0.25) is 0 Å². The predicted molar refractivity (Wildman–Crippen MR) is 72.6 cm³/mol. The van der Waals surface area contributed by atoms with E-state index >= 15 is 0 Å². The lowest BCUT2D eigenvalue weighted by atomic mass is 10.0. The first kappa shape index (κ1) is 14.9. The summed E-state index contributed by atoms with van der Waals surface area (Å²) in [6.07, 6.45) is -4.69. The van der Waals surface area contributed by atoms with Crippen LogP contribution in [0.5, 0.6) is 5.75 Å². The summed E-state index contributed by atoms with van der Waals surface area (Å²) in [4.78, 5) is 0. The van der Waals surface area contributed by atoms with Crippen LogP contribution in [0, 0.1) is 0 Å². The number of ether oxygens (including phenoxy) is 1. The van der Waals surface area contributed by atoms with Crippen molar-refractivity contribution in [1.82, 2.24) is 0 Å². The monoisotopic (exact) mass is 295 g/mol. The molecule has 2 aromatic carbocycles. The van der Waals surface area contributed by atoms with Gasteiger partial charge in [-0.1, -0.05) is 41.6 Å². The number of halogens is 3. The van der Waals surface area contributed by atoms with Crippen LogP contribution in [0.3, 0.4) is 0 Å². The smallest absolute Gasteiger partial charge is 0.411 e. The third-order valence-corrected chi connectivity index (χ3v) is 2.87. The minimum absolute atomic E-state index is 0.258. The molecule has 2 aromatic rings. The maximum Gasteiger partial charge on any atom is 0.573 e. The molecule has 0 amide bonds. The second-order valence-corrected chi connectivity index (χ2v) is 4.33. The number of alkyl halides is 3. The van der Waals surface area contributed by atoms with E-state index in [1.807, 2.05) is 0 Å². The van der Waals surface area contributed by atoms with Crippen LogP contribution < -0.4 is 4.74 Å². The molecule has 0 bridgehead atoms. The average molecular weight is 295 g/mol. The Hall–Kier alpha value is -2.50. The maximum absolute atomic E-state index is 12.1. The fraction of sp³-hybridized carbons (Fsp3) is 0.133. The molecule has 21 heavy (non-hydrogen) atoms. The van der Waals surface area contributed by atoms with Crippen LogP contribution in [0.4, 0.5) is 13.2 Å². The van der Waals surface area contributed by atoms with Gasteiger partial charge in [-0.3, -0.25) is 0 Å². The van der Waals surface area contributed by atoms with Gasteiger partial charge in [0.15, 0.2) is 0 Å². The summed E-state index contributed by atoms with van der Waals surface area (Å²) in [6.45, 7) is 1.66. The van der Waals surface area contributed by atoms with Crippen molar-refractivity contribution in [3.63, 3.8) is 0 Å². The van der Waals surface area contributed by atoms with Gasteiger partial charge in [0.05, 0.1) is 5.71 Å². The van der Waals surface area contributed by atoms with E-state index in [1.165, 1.54) is 12.1 Å². The summed E-state index contributed by atoms with van der Waals surface area (Å²) >= 11 is 0. The van der Waals surface area contributed by atoms with Gasteiger partial charge >= 0.3 is 6.36 Å². The topological polar surface area (TPSA) is 41.8 Å². The molecule has 0 saturated heterocycles. The summed E-state index contributed by atoms with van der Waals surface area (Å²) in [5, 5.41) is 11.8. The fourth-order valence-corrected chi connectivity index (χ4v) is 1.81. The summed E-state index contributed by atoms with van der Waals surface area (Å²) in [7, 11) is 0. The van der Waals surface area contributed by atoms with Gasteiger partial charge < -0.3 is 9.94 Å². The molecule has 0 aliphatic heterocycles. The first-order chi connectivity index (χ1) is 9.89. The predicted octanol–water partition coefficient (Wildman–Crippen LogP) is 4.45. The van der Waals surface area contributed by atoms with Crippen molar-refractivity contribution in [3.8, 4) is 16.9 Å². The molecule has 0 heterocycles. The first-order valence-corrected chi connectivity index (χ1v) is 6.04. The first-order valence-electron chi connectivity index (χ1n) is 6.04. The Morgan fingerprint density at radius 2 is 1.43 bits per heavy atom. The summed E-state index contributed by atoms with van der Waals surface area (Å²) in [5.41, 5.74) is 2.84. The molecule has 0 radical (unpaired) electrons. The molecule has 0 saturated carbocycles. The summed E-state index contributed by atoms with van der Waals surface area (Å²) < 4.78 is 40.0. The Labute approximate surface area is 119 Å². The second-order valence-electron chi connectivity index (χ2n) is 4.33. The van der Waals surface area contributed by atoms with Gasteiger partial charge in [-0.25, -0.2) is 0 Å². The number of hydrogen-bond acceptors (Lipinski definition) is 3. The standard InChI is InChI=1S/C15H12F3NO2/c1-10(19-20)11-2-4-12(5-3-11)13-6-8-14(9-7-13)21-15(16,17)18/h2-9,20H,1H3. The van der Waals surface area contributed by atoms with Crippen molar-refractivity contribution >= 4 is 5.71 Å². The van der Waals surface area contributed by atoms with Crippen LogP contribution in [-0.4, -0.2) is 17.3 Å². The highest BCUT2D eigenvalue weighted by Gasteiger charge is 2.30. The maximum atomic E-state index is 12.1.